The summed E-state index contributed by atoms with van der Waals surface area (Å²) >= 11 is 17.7. The molecule has 0 spiro atoms. The average Bonchev–Trinajstić information content (AvgIpc) is 2.33. The lowest BCUT2D eigenvalue weighted by Gasteiger charge is -2.24. The number of carbonyl (C=O) groups excluding carboxylic acids is 1. The van der Waals surface area contributed by atoms with Gasteiger partial charge in [0.05, 0.1) is 5.56 Å². The predicted octanol–water partition coefficient (Wildman–Crippen LogP) is 1.03. The highest BCUT2D eigenvalue weighted by atomic mass is 35.6. The van der Waals surface area contributed by atoms with Crippen molar-refractivity contribution in [1.82, 2.24) is 5.32 Å². The molecular formula is C12H18Cl3N3O+2. The molecule has 0 aliphatic rings. The number of halogens is 3. The monoisotopic (exact) mass is 325 g/mol. The molecule has 0 aromatic carbocycles. The number of alkyl halides is 3. The maximum Gasteiger partial charge on any atom is 0.262 e. The van der Waals surface area contributed by atoms with Crippen molar-refractivity contribution in [2.24, 2.45) is 5.92 Å². The highest BCUT2D eigenvalue weighted by Gasteiger charge is 2.37. The quantitative estimate of drug-likeness (QED) is 0.616. The molecule has 1 heterocycles. The van der Waals surface area contributed by atoms with Crippen LogP contribution >= 0.6 is 34.8 Å². The van der Waals surface area contributed by atoms with E-state index in [0.29, 0.717) is 6.54 Å². The number of rotatable bonds is 5. The molecule has 0 saturated carbocycles. The van der Waals surface area contributed by atoms with E-state index in [1.54, 1.807) is 19.2 Å². The summed E-state index contributed by atoms with van der Waals surface area (Å²) in [4.78, 5) is 14.7. The number of hydrogen-bond donors (Lipinski definition) is 2. The predicted molar refractivity (Wildman–Crippen MR) is 75.7 cm³/mol. The third-order valence-corrected chi connectivity index (χ3v) is 3.24. The molecule has 0 fully saturated rings. The molecular weight excluding hydrogens is 309 g/mol. The molecule has 19 heavy (non-hydrogen) atoms. The van der Waals surface area contributed by atoms with E-state index in [-0.39, 0.29) is 11.8 Å². The molecule has 1 rings (SSSR count). The normalized spacial score (nSPS) is 13.4. The molecule has 0 aliphatic heterocycles. The molecule has 106 valence electrons. The molecule has 1 amide bonds. The molecule has 7 heteroatoms. The lowest BCUT2D eigenvalue weighted by molar-refractivity contribution is -0.707. The molecule has 1 aromatic rings. The summed E-state index contributed by atoms with van der Waals surface area (Å²) in [5.74, 6) is -0.305. The van der Waals surface area contributed by atoms with E-state index < -0.39 is 9.96 Å². The Hall–Kier alpha value is -0.550. The van der Waals surface area contributed by atoms with E-state index in [4.69, 9.17) is 34.8 Å². The van der Waals surface area contributed by atoms with Gasteiger partial charge in [-0.05, 0) is 6.07 Å². The minimum Gasteiger partial charge on any atom is -0.319 e. The van der Waals surface area contributed by atoms with Gasteiger partial charge in [0.15, 0.2) is 12.4 Å². The number of aromatic amines is 1. The van der Waals surface area contributed by atoms with Crippen LogP contribution in [0.15, 0.2) is 24.5 Å². The van der Waals surface area contributed by atoms with Crippen LogP contribution in [0.4, 0.5) is 0 Å². The van der Waals surface area contributed by atoms with Gasteiger partial charge < -0.3 is 10.6 Å². The van der Waals surface area contributed by atoms with Crippen molar-refractivity contribution in [2.45, 2.75) is 30.4 Å². The van der Waals surface area contributed by atoms with E-state index in [1.807, 2.05) is 24.5 Å². The number of amides is 1. The molecule has 0 aliphatic carbocycles. The maximum absolute atomic E-state index is 11.7. The van der Waals surface area contributed by atoms with Gasteiger partial charge in [0, 0.05) is 12.0 Å². The van der Waals surface area contributed by atoms with Crippen LogP contribution in [-0.2, 0) is 11.3 Å². The zero-order valence-corrected chi connectivity index (χ0v) is 13.1. The molecule has 1 unspecified atom stereocenters. The number of aromatic nitrogens is 1. The van der Waals surface area contributed by atoms with Crippen LogP contribution in [-0.4, -0.2) is 15.9 Å². The van der Waals surface area contributed by atoms with Gasteiger partial charge in [-0.2, -0.15) is 0 Å². The Bertz CT molecular complexity index is 406. The molecule has 4 N–H and O–H groups in total. The Morgan fingerprint density at radius 3 is 2.63 bits per heavy atom. The van der Waals surface area contributed by atoms with Crippen molar-refractivity contribution >= 4 is 40.7 Å². The number of H-pyrrole nitrogens is 1. The fraction of sp³-hybridized carbons (Fsp3) is 0.500. The van der Waals surface area contributed by atoms with Crippen molar-refractivity contribution < 1.29 is 15.1 Å². The van der Waals surface area contributed by atoms with Crippen LogP contribution in [0.3, 0.4) is 0 Å². The topological polar surface area (TPSA) is 59.9 Å². The Balaban J connectivity index is 2.63. The molecule has 1 atom stereocenters. The summed E-state index contributed by atoms with van der Waals surface area (Å²) < 4.78 is -1.57. The summed E-state index contributed by atoms with van der Waals surface area (Å²) in [5.41, 5.74) is 1.04. The smallest absolute Gasteiger partial charge is 0.262 e. The third kappa shape index (κ3) is 5.95. The maximum atomic E-state index is 11.7. The van der Waals surface area contributed by atoms with E-state index in [2.05, 4.69) is 10.3 Å². The van der Waals surface area contributed by atoms with E-state index in [0.717, 1.165) is 5.56 Å². The SMILES string of the molecule is CC(C)C(=O)NC([NH2+]Cc1ccc[nH+]c1)C(Cl)(Cl)Cl. The minimum absolute atomic E-state index is 0.146. The first-order valence-electron chi connectivity index (χ1n) is 5.96. The third-order valence-electron chi connectivity index (χ3n) is 2.54. The van der Waals surface area contributed by atoms with Gasteiger partial charge in [-0.3, -0.25) is 4.79 Å². The lowest BCUT2D eigenvalue weighted by Crippen LogP contribution is -2.95. The van der Waals surface area contributed by atoms with Crippen molar-refractivity contribution in [1.29, 1.82) is 0 Å². The van der Waals surface area contributed by atoms with Crippen LogP contribution in [0.2, 0.25) is 0 Å². The fourth-order valence-corrected chi connectivity index (χ4v) is 1.84. The van der Waals surface area contributed by atoms with Gasteiger partial charge in [0.2, 0.25) is 12.1 Å². The Morgan fingerprint density at radius 1 is 1.47 bits per heavy atom. The zero-order valence-electron chi connectivity index (χ0n) is 10.8. The first kappa shape index (κ1) is 16.5. The second-order valence-electron chi connectivity index (χ2n) is 4.53. The van der Waals surface area contributed by atoms with Crippen molar-refractivity contribution in [2.75, 3.05) is 0 Å². The molecule has 1 aromatic heterocycles. The molecule has 0 radical (unpaired) electrons. The van der Waals surface area contributed by atoms with Gasteiger partial charge >= 0.3 is 0 Å². The van der Waals surface area contributed by atoms with Crippen molar-refractivity contribution in [3.63, 3.8) is 0 Å². The number of hydrogen-bond acceptors (Lipinski definition) is 1. The second kappa shape index (κ2) is 7.29. The lowest BCUT2D eigenvalue weighted by atomic mass is 10.2. The van der Waals surface area contributed by atoms with E-state index in [9.17, 15) is 4.79 Å². The number of nitrogens with two attached hydrogens (primary N) is 1. The van der Waals surface area contributed by atoms with Crippen molar-refractivity contribution in [3.05, 3.63) is 30.1 Å². The standard InChI is InChI=1S/C12H16Cl3N3O/c1-8(2)10(19)18-11(12(13,14)15)17-7-9-4-3-5-16-6-9/h3-6,8,11,17H,7H2,1-2H3,(H,18,19)/p+2. The highest BCUT2D eigenvalue weighted by Crippen LogP contribution is 2.27. The fourth-order valence-electron chi connectivity index (χ4n) is 1.41. The van der Waals surface area contributed by atoms with Crippen LogP contribution in [0.5, 0.6) is 0 Å². The number of nitrogens with one attached hydrogen (secondary N) is 2. The molecule has 0 saturated heterocycles. The number of quaternary nitrogens is 1. The van der Waals surface area contributed by atoms with E-state index >= 15 is 0 Å². The molecule has 0 bridgehead atoms. The summed E-state index contributed by atoms with van der Waals surface area (Å²) in [5, 5.41) is 4.51. The summed E-state index contributed by atoms with van der Waals surface area (Å²) in [6.45, 7) is 4.17. The Kier molecular flexibility index (Phi) is 6.33. The summed E-state index contributed by atoms with van der Waals surface area (Å²) in [6, 6.07) is 3.84. The first-order valence-corrected chi connectivity index (χ1v) is 7.09. The largest absolute Gasteiger partial charge is 0.319 e. The van der Waals surface area contributed by atoms with Gasteiger partial charge in [-0.1, -0.05) is 48.7 Å². The molecule has 4 nitrogen and oxygen atoms in total. The van der Waals surface area contributed by atoms with Gasteiger partial charge in [-0.15, -0.1) is 0 Å². The average molecular weight is 327 g/mol. The summed E-state index contributed by atoms with van der Waals surface area (Å²) in [6.07, 6.45) is 3.04. The van der Waals surface area contributed by atoms with Crippen molar-refractivity contribution in [3.8, 4) is 0 Å². The number of pyridine rings is 1. The van der Waals surface area contributed by atoms with E-state index in [1.165, 1.54) is 0 Å². The van der Waals surface area contributed by atoms with Crippen LogP contribution < -0.4 is 15.6 Å². The zero-order chi connectivity index (χ0) is 14.5. The van der Waals surface area contributed by atoms with Crippen LogP contribution in [0.1, 0.15) is 19.4 Å². The number of carbonyl (C=O) groups is 1. The van der Waals surface area contributed by atoms with Crippen LogP contribution in [0.25, 0.3) is 0 Å². The van der Waals surface area contributed by atoms with Gasteiger partial charge in [-0.25, -0.2) is 4.98 Å². The highest BCUT2D eigenvalue weighted by molar-refractivity contribution is 6.68. The minimum atomic E-state index is -1.57. The van der Waals surface area contributed by atoms with Gasteiger partial charge in [0.1, 0.15) is 6.54 Å². The Labute approximate surface area is 127 Å². The summed E-state index contributed by atoms with van der Waals surface area (Å²) in [7, 11) is 0. The van der Waals surface area contributed by atoms with Crippen LogP contribution in [0, 0.1) is 5.92 Å². The first-order chi connectivity index (χ1) is 8.80. The Morgan fingerprint density at radius 2 is 2.16 bits per heavy atom. The van der Waals surface area contributed by atoms with Gasteiger partial charge in [0.25, 0.3) is 3.79 Å². The second-order valence-corrected chi connectivity index (χ2v) is 6.90.